The van der Waals surface area contributed by atoms with Crippen LogP contribution in [0.25, 0.3) is 0 Å². The van der Waals surface area contributed by atoms with Gasteiger partial charge in [0.1, 0.15) is 5.75 Å². The lowest BCUT2D eigenvalue weighted by Gasteiger charge is -2.36. The number of carbonyl (C=O) groups is 1. The predicted octanol–water partition coefficient (Wildman–Crippen LogP) is 3.45. The molecule has 0 spiro atoms. The summed E-state index contributed by atoms with van der Waals surface area (Å²) >= 11 is 6.13. The van der Waals surface area contributed by atoms with E-state index in [0.29, 0.717) is 23.9 Å². The fraction of sp³-hybridized carbons (Fsp3) is 0.435. The average Bonchev–Trinajstić information content (AvgIpc) is 2.72. The van der Waals surface area contributed by atoms with Gasteiger partial charge >= 0.3 is 0 Å². The van der Waals surface area contributed by atoms with Crippen molar-refractivity contribution in [2.45, 2.75) is 38.1 Å². The summed E-state index contributed by atoms with van der Waals surface area (Å²) in [7, 11) is -3.61. The van der Waals surface area contributed by atoms with Crippen LogP contribution in [-0.2, 0) is 14.8 Å². The summed E-state index contributed by atoms with van der Waals surface area (Å²) in [5, 5.41) is 0.700. The molecule has 0 aliphatic carbocycles. The summed E-state index contributed by atoms with van der Waals surface area (Å²) in [6.45, 7) is 9.94. The van der Waals surface area contributed by atoms with Gasteiger partial charge in [-0.3, -0.25) is 4.79 Å². The van der Waals surface area contributed by atoms with Crippen molar-refractivity contribution in [2.24, 2.45) is 0 Å². The second-order valence-corrected chi connectivity index (χ2v) is 11.0. The zero-order chi connectivity index (χ0) is 23.5. The van der Waals surface area contributed by atoms with Crippen molar-refractivity contribution < 1.29 is 17.9 Å². The highest BCUT2D eigenvalue weighted by atomic mass is 35.5. The Kier molecular flexibility index (Phi) is 7.37. The summed E-state index contributed by atoms with van der Waals surface area (Å²) in [6.07, 6.45) is 0. The molecule has 7 nitrogen and oxygen atoms in total. The highest BCUT2D eigenvalue weighted by Crippen LogP contribution is 2.25. The first kappa shape index (κ1) is 24.4. The van der Waals surface area contributed by atoms with Crippen molar-refractivity contribution in [3.05, 3.63) is 53.1 Å². The molecule has 0 bridgehead atoms. The van der Waals surface area contributed by atoms with Crippen LogP contribution in [0.15, 0.2) is 47.4 Å². The van der Waals surface area contributed by atoms with Gasteiger partial charge in [0.15, 0.2) is 6.61 Å². The molecule has 0 atom stereocenters. The Balaban J connectivity index is 1.52. The lowest BCUT2D eigenvalue weighted by molar-refractivity contribution is -0.133. The maximum atomic E-state index is 12.6. The van der Waals surface area contributed by atoms with Crippen LogP contribution in [0.3, 0.4) is 0 Å². The van der Waals surface area contributed by atoms with Crippen molar-refractivity contribution in [2.75, 3.05) is 37.7 Å². The number of halogens is 1. The molecule has 0 saturated carbocycles. The lowest BCUT2D eigenvalue weighted by atomic mass is 10.1. The second kappa shape index (κ2) is 9.68. The van der Waals surface area contributed by atoms with E-state index >= 15 is 0 Å². The molecular formula is C23H30ClN3O4S. The number of piperazine rings is 1. The molecule has 1 aliphatic heterocycles. The zero-order valence-corrected chi connectivity index (χ0v) is 20.5. The van der Waals surface area contributed by atoms with Crippen LogP contribution in [0, 0.1) is 6.92 Å². The fourth-order valence-electron chi connectivity index (χ4n) is 3.53. The third-order valence-corrected chi connectivity index (χ3v) is 7.09. The van der Waals surface area contributed by atoms with Gasteiger partial charge in [-0.15, -0.1) is 0 Å². The van der Waals surface area contributed by atoms with Gasteiger partial charge in [-0.05, 0) is 69.7 Å². The van der Waals surface area contributed by atoms with E-state index in [4.69, 9.17) is 16.3 Å². The minimum absolute atomic E-state index is 0.0947. The molecule has 1 fully saturated rings. The first-order chi connectivity index (χ1) is 14.9. The molecule has 0 aromatic heterocycles. The standard InChI is InChI=1S/C23H30ClN3O4S/c1-17-5-6-18(24)15-21(17)26-11-13-27(14-12-26)22(28)16-31-19-7-9-20(10-8-19)32(29,30)25-23(2,3)4/h5-10,15,25H,11-14,16H2,1-4H3. The van der Waals surface area contributed by atoms with E-state index < -0.39 is 15.6 Å². The predicted molar refractivity (Wildman–Crippen MR) is 127 cm³/mol. The number of anilines is 1. The molecular weight excluding hydrogens is 450 g/mol. The Morgan fingerprint density at radius 1 is 1.06 bits per heavy atom. The third-order valence-electron chi connectivity index (χ3n) is 5.08. The molecule has 1 heterocycles. The second-order valence-electron chi connectivity index (χ2n) is 8.91. The Morgan fingerprint density at radius 3 is 2.28 bits per heavy atom. The van der Waals surface area contributed by atoms with Crippen molar-refractivity contribution >= 4 is 33.2 Å². The van der Waals surface area contributed by atoms with Crippen LogP contribution in [0.4, 0.5) is 5.69 Å². The number of hydrogen-bond donors (Lipinski definition) is 1. The number of amides is 1. The van der Waals surface area contributed by atoms with Crippen molar-refractivity contribution in [3.63, 3.8) is 0 Å². The highest BCUT2D eigenvalue weighted by molar-refractivity contribution is 7.89. The zero-order valence-electron chi connectivity index (χ0n) is 18.9. The summed E-state index contributed by atoms with van der Waals surface area (Å²) < 4.78 is 33.0. The van der Waals surface area contributed by atoms with Crippen LogP contribution in [0.5, 0.6) is 5.75 Å². The van der Waals surface area contributed by atoms with Gasteiger partial charge in [-0.1, -0.05) is 17.7 Å². The van der Waals surface area contributed by atoms with E-state index in [-0.39, 0.29) is 17.4 Å². The molecule has 32 heavy (non-hydrogen) atoms. The van der Waals surface area contributed by atoms with Crippen LogP contribution >= 0.6 is 11.6 Å². The average molecular weight is 480 g/mol. The number of carbonyl (C=O) groups excluding carboxylic acids is 1. The molecule has 174 valence electrons. The number of rotatable bonds is 6. The van der Waals surface area contributed by atoms with Crippen LogP contribution in [0.1, 0.15) is 26.3 Å². The minimum atomic E-state index is -3.61. The Hall–Kier alpha value is -2.29. The Labute approximate surface area is 195 Å². The number of nitrogens with one attached hydrogen (secondary N) is 1. The lowest BCUT2D eigenvalue weighted by Crippen LogP contribution is -2.50. The molecule has 0 radical (unpaired) electrons. The molecule has 9 heteroatoms. The van der Waals surface area contributed by atoms with Gasteiger partial charge in [-0.2, -0.15) is 0 Å². The Bertz CT molecular complexity index is 1060. The quantitative estimate of drug-likeness (QED) is 0.686. The van der Waals surface area contributed by atoms with Gasteiger partial charge in [0.05, 0.1) is 4.90 Å². The molecule has 1 saturated heterocycles. The van der Waals surface area contributed by atoms with E-state index in [2.05, 4.69) is 9.62 Å². The van der Waals surface area contributed by atoms with E-state index in [0.717, 1.165) is 24.3 Å². The third kappa shape index (κ3) is 6.37. The molecule has 1 N–H and O–H groups in total. The normalized spacial score (nSPS) is 15.0. The maximum Gasteiger partial charge on any atom is 0.260 e. The van der Waals surface area contributed by atoms with Gasteiger partial charge in [-0.25, -0.2) is 13.1 Å². The summed E-state index contributed by atoms with van der Waals surface area (Å²) in [6, 6.07) is 11.9. The van der Waals surface area contributed by atoms with Crippen molar-refractivity contribution in [1.29, 1.82) is 0 Å². The topological polar surface area (TPSA) is 79.0 Å². The van der Waals surface area contributed by atoms with Crippen LogP contribution in [-0.4, -0.2) is 57.5 Å². The Morgan fingerprint density at radius 2 is 1.69 bits per heavy atom. The molecule has 2 aromatic carbocycles. The monoisotopic (exact) mass is 479 g/mol. The van der Waals surface area contributed by atoms with Gasteiger partial charge < -0.3 is 14.5 Å². The van der Waals surface area contributed by atoms with Crippen LogP contribution < -0.4 is 14.4 Å². The fourth-order valence-corrected chi connectivity index (χ4v) is 5.12. The van der Waals surface area contributed by atoms with Crippen LogP contribution in [0.2, 0.25) is 5.02 Å². The number of benzene rings is 2. The van der Waals surface area contributed by atoms with Gasteiger partial charge in [0.25, 0.3) is 5.91 Å². The molecule has 2 aromatic rings. The van der Waals surface area contributed by atoms with E-state index in [9.17, 15) is 13.2 Å². The van der Waals surface area contributed by atoms with Gasteiger partial charge in [0, 0.05) is 42.4 Å². The van der Waals surface area contributed by atoms with Crippen molar-refractivity contribution in [3.8, 4) is 5.75 Å². The van der Waals surface area contributed by atoms with E-state index in [1.165, 1.54) is 12.1 Å². The summed E-state index contributed by atoms with van der Waals surface area (Å²) in [5.74, 6) is 0.347. The molecule has 3 rings (SSSR count). The minimum Gasteiger partial charge on any atom is -0.484 e. The number of hydrogen-bond acceptors (Lipinski definition) is 5. The number of aryl methyl sites for hydroxylation is 1. The van der Waals surface area contributed by atoms with Gasteiger partial charge in [0.2, 0.25) is 10.0 Å². The molecule has 0 unspecified atom stereocenters. The number of ether oxygens (including phenoxy) is 1. The largest absolute Gasteiger partial charge is 0.484 e. The van der Waals surface area contributed by atoms with E-state index in [1.807, 2.05) is 25.1 Å². The number of nitrogens with zero attached hydrogens (tertiary/aromatic N) is 2. The highest BCUT2D eigenvalue weighted by Gasteiger charge is 2.24. The summed E-state index contributed by atoms with van der Waals surface area (Å²) in [5.41, 5.74) is 1.67. The smallest absolute Gasteiger partial charge is 0.260 e. The van der Waals surface area contributed by atoms with Crippen molar-refractivity contribution in [1.82, 2.24) is 9.62 Å². The first-order valence-corrected chi connectivity index (χ1v) is 12.4. The molecule has 1 amide bonds. The SMILES string of the molecule is Cc1ccc(Cl)cc1N1CCN(C(=O)COc2ccc(S(=O)(=O)NC(C)(C)C)cc2)CC1. The van der Waals surface area contributed by atoms with E-state index in [1.54, 1.807) is 37.8 Å². The summed E-state index contributed by atoms with van der Waals surface area (Å²) in [4.78, 5) is 16.7. The number of sulfonamides is 1. The molecule has 1 aliphatic rings. The maximum absolute atomic E-state index is 12.6. The first-order valence-electron chi connectivity index (χ1n) is 10.5.